The normalized spacial score (nSPS) is 14.1. The van der Waals surface area contributed by atoms with Gasteiger partial charge in [0, 0.05) is 39.4 Å². The van der Waals surface area contributed by atoms with E-state index in [-0.39, 0.29) is 24.0 Å². The number of hydrogen-bond acceptors (Lipinski definition) is 4. The quantitative estimate of drug-likeness (QED) is 0.352. The van der Waals surface area contributed by atoms with Crippen LogP contribution in [0.15, 0.2) is 59.6 Å². The molecule has 0 radical (unpaired) electrons. The molecule has 3 rings (SSSR count). The van der Waals surface area contributed by atoms with Crippen LogP contribution >= 0.6 is 24.0 Å². The largest absolute Gasteiger partial charge is 0.492 e. The number of para-hydroxylation sites is 2. The number of hydrogen-bond donors (Lipinski definition) is 1. The molecule has 1 aliphatic rings. The zero-order valence-corrected chi connectivity index (χ0v) is 19.5. The number of ether oxygens (including phenoxy) is 2. The number of rotatable bonds is 7. The summed E-state index contributed by atoms with van der Waals surface area (Å²) in [4.78, 5) is 8.89. The van der Waals surface area contributed by atoms with Gasteiger partial charge in [0.25, 0.3) is 0 Å². The first kappa shape index (κ1) is 23.3. The molecule has 7 heteroatoms. The summed E-state index contributed by atoms with van der Waals surface area (Å²) in [6.45, 7) is 5.52. The minimum atomic E-state index is 0. The minimum absolute atomic E-state index is 0. The molecule has 0 bridgehead atoms. The molecule has 0 atom stereocenters. The molecule has 158 valence electrons. The molecule has 1 fully saturated rings. The van der Waals surface area contributed by atoms with E-state index in [0.29, 0.717) is 6.61 Å². The second kappa shape index (κ2) is 12.5. The van der Waals surface area contributed by atoms with Gasteiger partial charge < -0.3 is 24.6 Å². The molecule has 2 aromatic carbocycles. The Morgan fingerprint density at radius 1 is 1.10 bits per heavy atom. The van der Waals surface area contributed by atoms with Gasteiger partial charge in [-0.15, -0.1) is 24.0 Å². The van der Waals surface area contributed by atoms with Gasteiger partial charge in [0.05, 0.1) is 19.8 Å². The van der Waals surface area contributed by atoms with Crippen LogP contribution in [0.25, 0.3) is 0 Å². The number of aliphatic imine (C=N–C) groups is 1. The second-order valence-electron chi connectivity index (χ2n) is 6.71. The molecule has 29 heavy (non-hydrogen) atoms. The van der Waals surface area contributed by atoms with E-state index < -0.39 is 0 Å². The Balaban J connectivity index is 0.00000300. The van der Waals surface area contributed by atoms with E-state index in [9.17, 15) is 0 Å². The number of morpholine rings is 1. The molecular formula is C22H31IN4O2. The molecule has 0 aromatic heterocycles. The topological polar surface area (TPSA) is 49.3 Å². The van der Waals surface area contributed by atoms with Gasteiger partial charge in [-0.25, -0.2) is 0 Å². The summed E-state index contributed by atoms with van der Waals surface area (Å²) in [6.07, 6.45) is 0. The molecular weight excluding hydrogens is 479 g/mol. The third kappa shape index (κ3) is 7.08. The molecule has 0 amide bonds. The van der Waals surface area contributed by atoms with E-state index in [1.165, 1.54) is 11.3 Å². The average Bonchev–Trinajstić information content (AvgIpc) is 2.76. The third-order valence-corrected chi connectivity index (χ3v) is 4.79. The van der Waals surface area contributed by atoms with Crippen LogP contribution in [0.4, 0.5) is 5.69 Å². The van der Waals surface area contributed by atoms with Crippen molar-refractivity contribution in [1.29, 1.82) is 0 Å². The smallest absolute Gasteiger partial charge is 0.193 e. The molecule has 1 heterocycles. The first-order valence-electron chi connectivity index (χ1n) is 9.78. The van der Waals surface area contributed by atoms with Crippen LogP contribution in [0.1, 0.15) is 5.56 Å². The molecule has 0 spiro atoms. The fourth-order valence-electron chi connectivity index (χ4n) is 3.26. The van der Waals surface area contributed by atoms with Crippen LogP contribution in [-0.2, 0) is 11.3 Å². The second-order valence-corrected chi connectivity index (χ2v) is 6.71. The van der Waals surface area contributed by atoms with Crippen LogP contribution < -0.4 is 15.0 Å². The van der Waals surface area contributed by atoms with Gasteiger partial charge in [0.15, 0.2) is 5.96 Å². The van der Waals surface area contributed by atoms with Crippen molar-refractivity contribution in [3.05, 3.63) is 60.2 Å². The fraction of sp³-hybridized carbons (Fsp3) is 0.409. The molecule has 1 saturated heterocycles. The number of nitrogens with one attached hydrogen (secondary N) is 1. The number of likely N-dealkylation sites (N-methyl/N-ethyl adjacent to an activating group) is 1. The minimum Gasteiger partial charge on any atom is -0.492 e. The van der Waals surface area contributed by atoms with Crippen molar-refractivity contribution in [3.63, 3.8) is 0 Å². The van der Waals surface area contributed by atoms with E-state index in [0.717, 1.165) is 51.1 Å². The Hall–Kier alpha value is -2.00. The van der Waals surface area contributed by atoms with Gasteiger partial charge in [-0.3, -0.25) is 4.99 Å². The summed E-state index contributed by atoms with van der Waals surface area (Å²) in [5.41, 5.74) is 2.53. The highest BCUT2D eigenvalue weighted by Gasteiger charge is 2.15. The lowest BCUT2D eigenvalue weighted by atomic mass is 10.1. The number of benzene rings is 2. The van der Waals surface area contributed by atoms with Crippen molar-refractivity contribution >= 4 is 35.6 Å². The van der Waals surface area contributed by atoms with Crippen LogP contribution in [0.2, 0.25) is 0 Å². The van der Waals surface area contributed by atoms with E-state index in [1.807, 2.05) is 44.4 Å². The highest BCUT2D eigenvalue weighted by molar-refractivity contribution is 14.0. The number of halogens is 1. The van der Waals surface area contributed by atoms with Gasteiger partial charge in [-0.2, -0.15) is 0 Å². The number of nitrogens with zero attached hydrogens (tertiary/aromatic N) is 3. The van der Waals surface area contributed by atoms with Gasteiger partial charge in [-0.05, 0) is 23.8 Å². The summed E-state index contributed by atoms with van der Waals surface area (Å²) < 4.78 is 11.3. The Morgan fingerprint density at radius 2 is 1.79 bits per heavy atom. The average molecular weight is 510 g/mol. The first-order valence-corrected chi connectivity index (χ1v) is 9.78. The molecule has 0 aliphatic carbocycles. The Bertz CT molecular complexity index is 751. The van der Waals surface area contributed by atoms with Gasteiger partial charge in [0.1, 0.15) is 12.4 Å². The van der Waals surface area contributed by atoms with Crippen molar-refractivity contribution in [3.8, 4) is 5.75 Å². The maximum Gasteiger partial charge on any atom is 0.193 e. The van der Waals surface area contributed by atoms with Crippen LogP contribution in [0, 0.1) is 0 Å². The predicted molar refractivity (Wildman–Crippen MR) is 130 cm³/mol. The number of anilines is 1. The first-order chi connectivity index (χ1) is 13.8. The summed E-state index contributed by atoms with van der Waals surface area (Å²) in [7, 11) is 3.84. The fourth-order valence-corrected chi connectivity index (χ4v) is 3.26. The van der Waals surface area contributed by atoms with Crippen LogP contribution in [0.5, 0.6) is 5.75 Å². The maximum absolute atomic E-state index is 5.79. The van der Waals surface area contributed by atoms with Crippen molar-refractivity contribution < 1.29 is 9.47 Å². The lowest BCUT2D eigenvalue weighted by molar-refractivity contribution is 0.122. The predicted octanol–water partition coefficient (Wildman–Crippen LogP) is 3.23. The molecule has 2 aromatic rings. The molecule has 1 aliphatic heterocycles. The Labute approximate surface area is 190 Å². The molecule has 0 unspecified atom stereocenters. The zero-order valence-electron chi connectivity index (χ0n) is 17.2. The Kier molecular flexibility index (Phi) is 10.1. The maximum atomic E-state index is 5.79. The van der Waals surface area contributed by atoms with E-state index in [1.54, 1.807) is 0 Å². The summed E-state index contributed by atoms with van der Waals surface area (Å²) in [5, 5.41) is 3.48. The lowest BCUT2D eigenvalue weighted by Gasteiger charge is -2.31. The Morgan fingerprint density at radius 3 is 2.52 bits per heavy atom. The van der Waals surface area contributed by atoms with Gasteiger partial charge in [0.2, 0.25) is 0 Å². The lowest BCUT2D eigenvalue weighted by Crippen LogP contribution is -2.41. The molecule has 0 saturated carbocycles. The summed E-state index contributed by atoms with van der Waals surface area (Å²) in [6, 6.07) is 18.4. The van der Waals surface area contributed by atoms with E-state index >= 15 is 0 Å². The zero-order chi connectivity index (χ0) is 19.6. The van der Waals surface area contributed by atoms with Gasteiger partial charge >= 0.3 is 0 Å². The van der Waals surface area contributed by atoms with E-state index in [2.05, 4.69) is 44.4 Å². The van der Waals surface area contributed by atoms with E-state index in [4.69, 9.17) is 9.47 Å². The summed E-state index contributed by atoms with van der Waals surface area (Å²) in [5.74, 6) is 1.74. The van der Waals surface area contributed by atoms with Crippen molar-refractivity contribution in [1.82, 2.24) is 10.2 Å². The highest BCUT2D eigenvalue weighted by Crippen LogP contribution is 2.21. The molecule has 1 N–H and O–H groups in total. The SMILES string of the molecule is CN=C(NCc1ccccc1N1CCOCC1)N(C)CCOc1ccccc1.I. The van der Waals surface area contributed by atoms with Crippen LogP contribution in [0.3, 0.4) is 0 Å². The monoisotopic (exact) mass is 510 g/mol. The van der Waals surface area contributed by atoms with Crippen molar-refractivity contribution in [2.45, 2.75) is 6.54 Å². The van der Waals surface area contributed by atoms with Gasteiger partial charge in [-0.1, -0.05) is 36.4 Å². The van der Waals surface area contributed by atoms with Crippen LogP contribution in [-0.4, -0.2) is 64.4 Å². The number of guanidine groups is 1. The van der Waals surface area contributed by atoms with Crippen molar-refractivity contribution in [2.24, 2.45) is 4.99 Å². The summed E-state index contributed by atoms with van der Waals surface area (Å²) >= 11 is 0. The highest BCUT2D eigenvalue weighted by atomic mass is 127. The standard InChI is InChI=1S/C22H30N4O2.HI/c1-23-22(25(2)12-17-28-20-9-4-3-5-10-20)24-18-19-8-6-7-11-21(19)26-13-15-27-16-14-26;/h3-11H,12-18H2,1-2H3,(H,23,24);1H. The van der Waals surface area contributed by atoms with Crippen molar-refractivity contribution in [2.75, 3.05) is 58.5 Å². The molecule has 6 nitrogen and oxygen atoms in total. The third-order valence-electron chi connectivity index (χ3n) is 4.79.